The SMILES string of the molecule is Cc1ccccc1SCc1nnc(C(=O)NCc2ccc(F)cc2)s1. The molecule has 2 aromatic carbocycles. The van der Waals surface area contributed by atoms with Crippen molar-refractivity contribution in [3.05, 3.63) is 75.5 Å². The Hall–Kier alpha value is -2.25. The summed E-state index contributed by atoms with van der Waals surface area (Å²) < 4.78 is 12.9. The largest absolute Gasteiger partial charge is 0.346 e. The number of rotatable bonds is 6. The maximum absolute atomic E-state index is 12.9. The van der Waals surface area contributed by atoms with Crippen LogP contribution in [-0.2, 0) is 12.3 Å². The Morgan fingerprint density at radius 2 is 1.92 bits per heavy atom. The number of amides is 1. The van der Waals surface area contributed by atoms with Crippen molar-refractivity contribution in [1.29, 1.82) is 0 Å². The van der Waals surface area contributed by atoms with Gasteiger partial charge in [0, 0.05) is 11.4 Å². The van der Waals surface area contributed by atoms with E-state index in [1.54, 1.807) is 23.9 Å². The van der Waals surface area contributed by atoms with Crippen LogP contribution in [0.3, 0.4) is 0 Å². The van der Waals surface area contributed by atoms with Gasteiger partial charge in [0.2, 0.25) is 5.01 Å². The molecule has 0 bridgehead atoms. The molecule has 4 nitrogen and oxygen atoms in total. The van der Waals surface area contributed by atoms with Gasteiger partial charge in [-0.05, 0) is 36.2 Å². The number of aryl methyl sites for hydroxylation is 1. The molecule has 25 heavy (non-hydrogen) atoms. The summed E-state index contributed by atoms with van der Waals surface area (Å²) in [5, 5.41) is 12.0. The molecule has 3 rings (SSSR count). The van der Waals surface area contributed by atoms with Gasteiger partial charge in [0.15, 0.2) is 0 Å². The molecule has 1 amide bonds. The molecule has 0 radical (unpaired) electrons. The van der Waals surface area contributed by atoms with Crippen molar-refractivity contribution < 1.29 is 9.18 Å². The predicted octanol–water partition coefficient (Wildman–Crippen LogP) is 4.21. The van der Waals surface area contributed by atoms with Crippen molar-refractivity contribution in [1.82, 2.24) is 15.5 Å². The lowest BCUT2D eigenvalue weighted by Gasteiger charge is -2.03. The second-order valence-corrected chi connectivity index (χ2v) is 7.44. The molecule has 7 heteroatoms. The van der Waals surface area contributed by atoms with Crippen LogP contribution < -0.4 is 5.32 Å². The van der Waals surface area contributed by atoms with Gasteiger partial charge in [-0.1, -0.05) is 41.7 Å². The van der Waals surface area contributed by atoms with Crippen LogP contribution in [0.15, 0.2) is 53.4 Å². The highest BCUT2D eigenvalue weighted by Gasteiger charge is 2.13. The van der Waals surface area contributed by atoms with Gasteiger partial charge in [-0.3, -0.25) is 4.79 Å². The number of nitrogens with zero attached hydrogens (tertiary/aromatic N) is 2. The summed E-state index contributed by atoms with van der Waals surface area (Å²) in [4.78, 5) is 13.3. The van der Waals surface area contributed by atoms with Crippen molar-refractivity contribution in [2.24, 2.45) is 0 Å². The molecule has 0 fully saturated rings. The van der Waals surface area contributed by atoms with Gasteiger partial charge in [0.25, 0.3) is 5.91 Å². The second kappa shape index (κ2) is 8.22. The van der Waals surface area contributed by atoms with Crippen molar-refractivity contribution in [3.63, 3.8) is 0 Å². The Morgan fingerprint density at radius 3 is 2.68 bits per heavy atom. The van der Waals surface area contributed by atoms with Crippen molar-refractivity contribution in [2.75, 3.05) is 0 Å². The number of halogens is 1. The van der Waals surface area contributed by atoms with Gasteiger partial charge in [0.05, 0.1) is 5.75 Å². The number of thioether (sulfide) groups is 1. The first kappa shape index (κ1) is 17.6. The molecule has 0 aliphatic heterocycles. The zero-order valence-corrected chi connectivity index (χ0v) is 15.2. The van der Waals surface area contributed by atoms with Gasteiger partial charge in [-0.15, -0.1) is 22.0 Å². The lowest BCUT2D eigenvalue weighted by Crippen LogP contribution is -2.22. The van der Waals surface area contributed by atoms with Gasteiger partial charge < -0.3 is 5.32 Å². The van der Waals surface area contributed by atoms with Gasteiger partial charge in [0.1, 0.15) is 10.8 Å². The summed E-state index contributed by atoms with van der Waals surface area (Å²) in [5.41, 5.74) is 2.05. The zero-order valence-electron chi connectivity index (χ0n) is 13.5. The smallest absolute Gasteiger partial charge is 0.282 e. The highest BCUT2D eigenvalue weighted by Crippen LogP contribution is 2.26. The van der Waals surface area contributed by atoms with Crippen LogP contribution in [0.1, 0.15) is 25.9 Å². The highest BCUT2D eigenvalue weighted by molar-refractivity contribution is 7.98. The third-order valence-electron chi connectivity index (χ3n) is 3.47. The maximum atomic E-state index is 12.9. The Morgan fingerprint density at radius 1 is 1.16 bits per heavy atom. The molecule has 0 saturated heterocycles. The standard InChI is InChI=1S/C18H16FN3OS2/c1-12-4-2-3-5-15(12)24-11-16-21-22-18(25-16)17(23)20-10-13-6-8-14(19)9-7-13/h2-9H,10-11H2,1H3,(H,20,23). The predicted molar refractivity (Wildman–Crippen MR) is 98.2 cm³/mol. The fraction of sp³-hybridized carbons (Fsp3) is 0.167. The monoisotopic (exact) mass is 373 g/mol. The highest BCUT2D eigenvalue weighted by atomic mass is 32.2. The van der Waals surface area contributed by atoms with Gasteiger partial charge in [-0.25, -0.2) is 4.39 Å². The third kappa shape index (κ3) is 4.87. The number of nitrogens with one attached hydrogen (secondary N) is 1. The molecule has 0 spiro atoms. The van der Waals surface area contributed by atoms with Crippen LogP contribution in [0.25, 0.3) is 0 Å². The minimum Gasteiger partial charge on any atom is -0.346 e. The number of carbonyl (C=O) groups excluding carboxylic acids is 1. The summed E-state index contributed by atoms with van der Waals surface area (Å²) in [6, 6.07) is 14.2. The Labute approximate surface area is 153 Å². The van der Waals surface area contributed by atoms with Crippen molar-refractivity contribution in [3.8, 4) is 0 Å². The average molecular weight is 373 g/mol. The molecule has 0 atom stereocenters. The van der Waals surface area contributed by atoms with Crippen molar-refractivity contribution >= 4 is 29.0 Å². The minimum absolute atomic E-state index is 0.269. The summed E-state index contributed by atoms with van der Waals surface area (Å²) in [7, 11) is 0. The van der Waals surface area contributed by atoms with Crippen LogP contribution in [0.5, 0.6) is 0 Å². The van der Waals surface area contributed by atoms with Crippen LogP contribution >= 0.6 is 23.1 Å². The molecule has 128 valence electrons. The Bertz CT molecular complexity index is 865. The number of benzene rings is 2. The summed E-state index contributed by atoms with van der Waals surface area (Å²) in [6.45, 7) is 2.39. The second-order valence-electron chi connectivity index (χ2n) is 5.36. The number of aromatic nitrogens is 2. The van der Waals surface area contributed by atoms with Crippen LogP contribution in [0.4, 0.5) is 4.39 Å². The summed E-state index contributed by atoms with van der Waals surface area (Å²) in [5.74, 6) is 0.109. The number of hydrogen-bond donors (Lipinski definition) is 1. The molecule has 0 aliphatic rings. The van der Waals surface area contributed by atoms with E-state index in [1.165, 1.54) is 33.9 Å². The summed E-state index contributed by atoms with van der Waals surface area (Å²) >= 11 is 2.97. The quantitative estimate of drug-likeness (QED) is 0.658. The number of carbonyl (C=O) groups is 1. The van der Waals surface area contributed by atoms with E-state index < -0.39 is 0 Å². The number of hydrogen-bond acceptors (Lipinski definition) is 5. The first-order chi connectivity index (χ1) is 12.1. The molecule has 0 aliphatic carbocycles. The molecule has 1 N–H and O–H groups in total. The maximum Gasteiger partial charge on any atom is 0.282 e. The third-order valence-corrected chi connectivity index (χ3v) is 5.76. The van der Waals surface area contributed by atoms with Gasteiger partial charge >= 0.3 is 0 Å². The van der Waals surface area contributed by atoms with E-state index in [1.807, 2.05) is 12.1 Å². The van der Waals surface area contributed by atoms with Crippen LogP contribution in [-0.4, -0.2) is 16.1 Å². The van der Waals surface area contributed by atoms with E-state index in [-0.39, 0.29) is 11.7 Å². The Kier molecular flexibility index (Phi) is 5.78. The van der Waals surface area contributed by atoms with E-state index in [9.17, 15) is 9.18 Å². The first-order valence-electron chi connectivity index (χ1n) is 7.65. The molecular formula is C18H16FN3OS2. The topological polar surface area (TPSA) is 54.9 Å². The van der Waals surface area contributed by atoms with E-state index in [0.717, 1.165) is 10.6 Å². The normalized spacial score (nSPS) is 10.6. The molecule has 1 heterocycles. The first-order valence-corrected chi connectivity index (χ1v) is 9.45. The lowest BCUT2D eigenvalue weighted by molar-refractivity contribution is 0.0950. The van der Waals surface area contributed by atoms with Crippen LogP contribution in [0.2, 0.25) is 0 Å². The van der Waals surface area contributed by atoms with E-state index >= 15 is 0 Å². The molecule has 1 aromatic heterocycles. The van der Waals surface area contributed by atoms with Gasteiger partial charge in [-0.2, -0.15) is 0 Å². The van der Waals surface area contributed by atoms with Crippen molar-refractivity contribution in [2.45, 2.75) is 24.1 Å². The molecular weight excluding hydrogens is 357 g/mol. The summed E-state index contributed by atoms with van der Waals surface area (Å²) in [6.07, 6.45) is 0. The molecule has 0 unspecified atom stereocenters. The van der Waals surface area contributed by atoms with Crippen LogP contribution in [0, 0.1) is 12.7 Å². The lowest BCUT2D eigenvalue weighted by atomic mass is 10.2. The Balaban J connectivity index is 1.54. The van der Waals surface area contributed by atoms with E-state index in [4.69, 9.17) is 0 Å². The zero-order chi connectivity index (χ0) is 17.6. The van der Waals surface area contributed by atoms with E-state index in [2.05, 4.69) is 34.6 Å². The fourth-order valence-corrected chi connectivity index (χ4v) is 3.89. The fourth-order valence-electron chi connectivity index (χ4n) is 2.12. The molecule has 3 aromatic rings. The average Bonchev–Trinajstić information content (AvgIpc) is 3.09. The molecule has 0 saturated carbocycles. The van der Waals surface area contributed by atoms with E-state index in [0.29, 0.717) is 17.3 Å². The minimum atomic E-state index is -0.296.